The number of ether oxygens (including phenoxy) is 1. The van der Waals surface area contributed by atoms with E-state index < -0.39 is 40.1 Å². The first kappa shape index (κ1) is 26.3. The molecule has 0 saturated carbocycles. The highest BCUT2D eigenvalue weighted by Gasteiger charge is 2.51. The maximum absolute atomic E-state index is 14.0. The molecule has 8 nitrogen and oxygen atoms in total. The molecule has 166 valence electrons. The molecular formula is C18H30BrN2O6PS. The van der Waals surface area contributed by atoms with Gasteiger partial charge in [-0.1, -0.05) is 28.1 Å². The summed E-state index contributed by atoms with van der Waals surface area (Å²) in [6.07, 6.45) is 0. The molecule has 11 heteroatoms. The molecular weight excluding hydrogens is 483 g/mol. The topological polar surface area (TPSA) is 111 Å². The van der Waals surface area contributed by atoms with Gasteiger partial charge in [0.25, 0.3) is 7.52 Å². The van der Waals surface area contributed by atoms with Crippen LogP contribution in [-0.4, -0.2) is 38.9 Å². The second kappa shape index (κ2) is 10.0. The van der Waals surface area contributed by atoms with Gasteiger partial charge in [0.05, 0.1) is 18.0 Å². The third-order valence-corrected chi connectivity index (χ3v) is 9.90. The van der Waals surface area contributed by atoms with E-state index in [4.69, 9.17) is 9.26 Å². The minimum Gasteiger partial charge on any atom is -0.465 e. The number of hydrogen-bond donors (Lipinski definition) is 2. The molecule has 0 fully saturated rings. The van der Waals surface area contributed by atoms with Crippen LogP contribution in [0.4, 0.5) is 0 Å². The third kappa shape index (κ3) is 6.35. The highest BCUT2D eigenvalue weighted by atomic mass is 79.9. The summed E-state index contributed by atoms with van der Waals surface area (Å²) in [6.45, 7) is 9.19. The van der Waals surface area contributed by atoms with Crippen LogP contribution in [0.5, 0.6) is 0 Å². The van der Waals surface area contributed by atoms with E-state index in [9.17, 15) is 17.8 Å². The largest absolute Gasteiger partial charge is 0.465 e. The molecule has 0 radical (unpaired) electrons. The lowest BCUT2D eigenvalue weighted by atomic mass is 10.1. The molecule has 0 aliphatic carbocycles. The molecule has 1 rings (SSSR count). The Balaban J connectivity index is 3.55. The number of esters is 1. The average molecular weight is 513 g/mol. The first-order valence-corrected chi connectivity index (χ1v) is 13.1. The predicted octanol–water partition coefficient (Wildman–Crippen LogP) is 3.72. The summed E-state index contributed by atoms with van der Waals surface area (Å²) in [5, 5.41) is 0.951. The highest BCUT2D eigenvalue weighted by Crippen LogP contribution is 2.60. The van der Waals surface area contributed by atoms with Crippen LogP contribution in [0, 0.1) is 0 Å². The zero-order valence-electron chi connectivity index (χ0n) is 17.6. The van der Waals surface area contributed by atoms with Gasteiger partial charge in [0.15, 0.2) is 0 Å². The SMILES string of the molecule is CCOC(=O)CN[P@](=O)(OCC)[C@@](C)(NS(=O)(=O)C(C)(C)C)c1ccc(Br)cc1. The summed E-state index contributed by atoms with van der Waals surface area (Å²) >= 11 is 3.34. The molecule has 1 aromatic carbocycles. The third-order valence-electron chi connectivity index (χ3n) is 4.18. The smallest absolute Gasteiger partial charge is 0.320 e. The second-order valence-corrected chi connectivity index (χ2v) is 13.3. The Morgan fingerprint density at radius 2 is 1.66 bits per heavy atom. The first-order valence-electron chi connectivity index (χ1n) is 9.17. The lowest BCUT2D eigenvalue weighted by Gasteiger charge is -2.39. The van der Waals surface area contributed by atoms with Gasteiger partial charge in [0.1, 0.15) is 11.8 Å². The van der Waals surface area contributed by atoms with Crippen LogP contribution in [0.1, 0.15) is 47.1 Å². The Bertz CT molecular complexity index is 854. The molecule has 0 spiro atoms. The monoisotopic (exact) mass is 512 g/mol. The fraction of sp³-hybridized carbons (Fsp3) is 0.611. The van der Waals surface area contributed by atoms with Crippen molar-refractivity contribution in [2.24, 2.45) is 0 Å². The molecule has 0 aliphatic rings. The fourth-order valence-electron chi connectivity index (χ4n) is 2.37. The van der Waals surface area contributed by atoms with E-state index in [1.54, 1.807) is 38.1 Å². The predicted molar refractivity (Wildman–Crippen MR) is 117 cm³/mol. The van der Waals surface area contributed by atoms with Gasteiger partial charge in [-0.3, -0.25) is 9.36 Å². The Morgan fingerprint density at radius 1 is 1.10 bits per heavy atom. The van der Waals surface area contributed by atoms with Gasteiger partial charge in [-0.25, -0.2) is 13.5 Å². The molecule has 0 aromatic heterocycles. The Morgan fingerprint density at radius 3 is 2.10 bits per heavy atom. The molecule has 2 N–H and O–H groups in total. The van der Waals surface area contributed by atoms with Crippen LogP contribution in [-0.2, 0) is 33.9 Å². The second-order valence-electron chi connectivity index (χ2n) is 7.41. The van der Waals surface area contributed by atoms with Crippen LogP contribution in [0.15, 0.2) is 28.7 Å². The maximum atomic E-state index is 14.0. The van der Waals surface area contributed by atoms with Gasteiger partial charge < -0.3 is 9.26 Å². The van der Waals surface area contributed by atoms with Crippen LogP contribution < -0.4 is 9.81 Å². The Labute approximate surface area is 181 Å². The summed E-state index contributed by atoms with van der Waals surface area (Å²) in [6, 6.07) is 6.71. The van der Waals surface area contributed by atoms with E-state index in [0.29, 0.717) is 5.56 Å². The molecule has 29 heavy (non-hydrogen) atoms. The molecule has 1 aromatic rings. The van der Waals surface area contributed by atoms with Gasteiger partial charge in [0.2, 0.25) is 10.0 Å². The molecule has 0 aliphatic heterocycles. The first-order chi connectivity index (χ1) is 13.2. The lowest BCUT2D eigenvalue weighted by molar-refractivity contribution is -0.141. The molecule has 0 amide bonds. The van der Waals surface area contributed by atoms with E-state index in [0.717, 1.165) is 4.47 Å². The van der Waals surface area contributed by atoms with Crippen molar-refractivity contribution < 1.29 is 27.0 Å². The Kier molecular flexibility index (Phi) is 9.08. The van der Waals surface area contributed by atoms with Gasteiger partial charge >= 0.3 is 5.97 Å². The zero-order chi connectivity index (χ0) is 22.5. The number of carbonyl (C=O) groups excluding carboxylic acids is 1. The van der Waals surface area contributed by atoms with Crippen LogP contribution in [0.2, 0.25) is 0 Å². The Hall–Kier alpha value is -0.770. The summed E-state index contributed by atoms with van der Waals surface area (Å²) in [5.41, 5.74) is 0.418. The fourth-order valence-corrected chi connectivity index (χ4v) is 6.28. The van der Waals surface area contributed by atoms with Crippen molar-refractivity contribution in [2.45, 2.75) is 51.6 Å². The number of sulfonamides is 1. The number of carbonyl (C=O) groups is 1. The van der Waals surface area contributed by atoms with Crippen LogP contribution in [0.25, 0.3) is 0 Å². The minimum atomic E-state index is -3.98. The number of benzene rings is 1. The van der Waals surface area contributed by atoms with E-state index in [1.165, 1.54) is 27.7 Å². The molecule has 0 bridgehead atoms. The highest BCUT2D eigenvalue weighted by molar-refractivity contribution is 9.10. The van der Waals surface area contributed by atoms with Crippen molar-refractivity contribution in [3.05, 3.63) is 34.3 Å². The summed E-state index contributed by atoms with van der Waals surface area (Å²) < 4.78 is 52.6. The minimum absolute atomic E-state index is 0.0382. The quantitative estimate of drug-likeness (QED) is 0.363. The van der Waals surface area contributed by atoms with Crippen molar-refractivity contribution in [3.8, 4) is 0 Å². The van der Waals surface area contributed by atoms with Crippen LogP contribution in [0.3, 0.4) is 0 Å². The van der Waals surface area contributed by atoms with E-state index >= 15 is 0 Å². The van der Waals surface area contributed by atoms with Gasteiger partial charge in [-0.2, -0.15) is 4.72 Å². The van der Waals surface area contributed by atoms with Crippen LogP contribution >= 0.6 is 23.4 Å². The van der Waals surface area contributed by atoms with E-state index in [1.807, 2.05) is 0 Å². The standard InChI is InChI=1S/C18H30BrN2O6PS/c1-7-26-16(22)13-20-28(23,27-8-2)18(6,14-9-11-15(19)12-10-14)21-29(24,25)17(3,4)5/h9-12,21H,7-8,13H2,1-6H3,(H,20,23)/t18-,28-/m1/s1. The molecule has 0 heterocycles. The number of nitrogens with one attached hydrogen (secondary N) is 2. The lowest BCUT2D eigenvalue weighted by Crippen LogP contribution is -2.52. The number of hydrogen-bond acceptors (Lipinski definition) is 6. The van der Waals surface area contributed by atoms with Crippen molar-refractivity contribution in [1.82, 2.24) is 9.81 Å². The summed E-state index contributed by atoms with van der Waals surface area (Å²) in [5.74, 6) is -0.621. The van der Waals surface area contributed by atoms with E-state index in [2.05, 4.69) is 25.7 Å². The molecule has 0 saturated heterocycles. The normalized spacial score (nSPS) is 16.7. The molecule has 0 unspecified atom stereocenters. The van der Waals surface area contributed by atoms with Gasteiger partial charge in [-0.15, -0.1) is 0 Å². The molecule has 2 atom stereocenters. The number of halogens is 1. The van der Waals surface area contributed by atoms with Crippen molar-refractivity contribution in [1.29, 1.82) is 0 Å². The maximum Gasteiger partial charge on any atom is 0.320 e. The van der Waals surface area contributed by atoms with E-state index in [-0.39, 0.29) is 13.2 Å². The summed E-state index contributed by atoms with van der Waals surface area (Å²) in [4.78, 5) is 11.8. The van der Waals surface area contributed by atoms with Crippen molar-refractivity contribution >= 4 is 39.4 Å². The average Bonchev–Trinajstić information content (AvgIpc) is 2.59. The van der Waals surface area contributed by atoms with Crippen molar-refractivity contribution in [2.75, 3.05) is 19.8 Å². The summed E-state index contributed by atoms with van der Waals surface area (Å²) in [7, 11) is -7.91. The zero-order valence-corrected chi connectivity index (χ0v) is 20.9. The van der Waals surface area contributed by atoms with Gasteiger partial charge in [-0.05, 0) is 59.2 Å². The number of rotatable bonds is 10. The van der Waals surface area contributed by atoms with Crippen molar-refractivity contribution in [3.63, 3.8) is 0 Å². The van der Waals surface area contributed by atoms with Gasteiger partial charge in [0, 0.05) is 4.47 Å².